The van der Waals surface area contributed by atoms with Crippen molar-refractivity contribution in [1.29, 1.82) is 0 Å². The zero-order chi connectivity index (χ0) is 12.1. The average molecular weight is 235 g/mol. The summed E-state index contributed by atoms with van der Waals surface area (Å²) in [6.45, 7) is 6.41. The van der Waals surface area contributed by atoms with E-state index in [2.05, 4.69) is 34.9 Å². The van der Waals surface area contributed by atoms with Crippen molar-refractivity contribution in [2.24, 2.45) is 5.92 Å². The fourth-order valence-corrected chi connectivity index (χ4v) is 2.81. The lowest BCUT2D eigenvalue weighted by molar-refractivity contribution is 0.283. The highest BCUT2D eigenvalue weighted by Gasteiger charge is 2.19. The van der Waals surface area contributed by atoms with Gasteiger partial charge in [0.1, 0.15) is 5.82 Å². The molecule has 17 heavy (non-hydrogen) atoms. The molecule has 96 valence electrons. The number of hydrogen-bond acceptors (Lipinski definition) is 2. The van der Waals surface area contributed by atoms with Crippen LogP contribution in [-0.2, 0) is 13.1 Å². The van der Waals surface area contributed by atoms with Crippen LogP contribution in [0.1, 0.15) is 51.8 Å². The minimum absolute atomic E-state index is 0.708. The summed E-state index contributed by atoms with van der Waals surface area (Å²) in [5, 5.41) is 3.66. The second-order valence-corrected chi connectivity index (χ2v) is 5.14. The quantitative estimate of drug-likeness (QED) is 0.850. The molecule has 1 aromatic rings. The van der Waals surface area contributed by atoms with Crippen molar-refractivity contribution in [2.75, 3.05) is 0 Å². The Morgan fingerprint density at radius 3 is 2.71 bits per heavy atom. The van der Waals surface area contributed by atoms with E-state index in [-0.39, 0.29) is 0 Å². The lowest BCUT2D eigenvalue weighted by Gasteiger charge is -2.28. The summed E-state index contributed by atoms with van der Waals surface area (Å²) in [6, 6.07) is 0.708. The molecular weight excluding hydrogens is 210 g/mol. The SMILES string of the molecule is CCC1CCC(NCc2nccn2CC)CC1. The third kappa shape index (κ3) is 3.32. The number of aromatic nitrogens is 2. The van der Waals surface area contributed by atoms with Crippen molar-refractivity contribution in [3.8, 4) is 0 Å². The minimum Gasteiger partial charge on any atom is -0.334 e. The molecule has 0 atom stereocenters. The van der Waals surface area contributed by atoms with Crippen molar-refractivity contribution in [2.45, 2.75) is 65.1 Å². The van der Waals surface area contributed by atoms with E-state index < -0.39 is 0 Å². The van der Waals surface area contributed by atoms with Gasteiger partial charge in [-0.05, 0) is 38.5 Å². The lowest BCUT2D eigenvalue weighted by atomic mass is 9.84. The number of nitrogens with zero attached hydrogens (tertiary/aromatic N) is 2. The van der Waals surface area contributed by atoms with Crippen LogP contribution in [-0.4, -0.2) is 15.6 Å². The van der Waals surface area contributed by atoms with Gasteiger partial charge in [-0.15, -0.1) is 0 Å². The molecular formula is C14H25N3. The van der Waals surface area contributed by atoms with Gasteiger partial charge in [0.05, 0.1) is 6.54 Å². The van der Waals surface area contributed by atoms with E-state index in [0.29, 0.717) is 6.04 Å². The first-order valence-electron chi connectivity index (χ1n) is 7.06. The van der Waals surface area contributed by atoms with Crippen LogP contribution >= 0.6 is 0 Å². The molecule has 1 aromatic heterocycles. The Hall–Kier alpha value is -0.830. The van der Waals surface area contributed by atoms with Crippen LogP contribution < -0.4 is 5.32 Å². The molecule has 3 nitrogen and oxygen atoms in total. The largest absolute Gasteiger partial charge is 0.334 e. The predicted octanol–water partition coefficient (Wildman–Crippen LogP) is 2.96. The first kappa shape index (κ1) is 12.6. The normalized spacial score (nSPS) is 25.1. The zero-order valence-electron chi connectivity index (χ0n) is 11.2. The molecule has 2 rings (SSSR count). The Labute approximate surface area is 105 Å². The molecule has 1 fully saturated rings. The maximum atomic E-state index is 4.40. The Balaban J connectivity index is 1.76. The second-order valence-electron chi connectivity index (χ2n) is 5.14. The molecule has 0 aliphatic heterocycles. The summed E-state index contributed by atoms with van der Waals surface area (Å²) in [4.78, 5) is 4.40. The van der Waals surface area contributed by atoms with E-state index in [1.54, 1.807) is 0 Å². The average Bonchev–Trinajstić information content (AvgIpc) is 2.84. The fraction of sp³-hybridized carbons (Fsp3) is 0.786. The third-order valence-electron chi connectivity index (χ3n) is 4.12. The number of rotatable bonds is 5. The summed E-state index contributed by atoms with van der Waals surface area (Å²) < 4.78 is 2.21. The van der Waals surface area contributed by atoms with E-state index in [4.69, 9.17) is 0 Å². The van der Waals surface area contributed by atoms with Crippen molar-refractivity contribution < 1.29 is 0 Å². The summed E-state index contributed by atoms with van der Waals surface area (Å²) >= 11 is 0. The maximum absolute atomic E-state index is 4.40. The molecule has 0 amide bonds. The van der Waals surface area contributed by atoms with E-state index in [0.717, 1.165) is 19.0 Å². The minimum atomic E-state index is 0.708. The molecule has 1 aliphatic rings. The molecule has 1 N–H and O–H groups in total. The molecule has 0 aromatic carbocycles. The van der Waals surface area contributed by atoms with Gasteiger partial charge in [0.25, 0.3) is 0 Å². The molecule has 0 radical (unpaired) electrons. The molecule has 1 aliphatic carbocycles. The van der Waals surface area contributed by atoms with Crippen LogP contribution in [0.3, 0.4) is 0 Å². The highest BCUT2D eigenvalue weighted by atomic mass is 15.1. The van der Waals surface area contributed by atoms with Crippen LogP contribution in [0.2, 0.25) is 0 Å². The van der Waals surface area contributed by atoms with Gasteiger partial charge < -0.3 is 9.88 Å². The Morgan fingerprint density at radius 1 is 1.29 bits per heavy atom. The van der Waals surface area contributed by atoms with Crippen molar-refractivity contribution in [3.63, 3.8) is 0 Å². The number of nitrogens with one attached hydrogen (secondary N) is 1. The van der Waals surface area contributed by atoms with Gasteiger partial charge in [0.2, 0.25) is 0 Å². The van der Waals surface area contributed by atoms with Crippen LogP contribution in [0.25, 0.3) is 0 Å². The number of hydrogen-bond donors (Lipinski definition) is 1. The molecule has 3 heteroatoms. The standard InChI is InChI=1S/C14H25N3/c1-3-12-5-7-13(8-6-12)16-11-14-15-9-10-17(14)4-2/h9-10,12-13,16H,3-8,11H2,1-2H3. The Kier molecular flexibility index (Phi) is 4.60. The Morgan fingerprint density at radius 2 is 2.06 bits per heavy atom. The predicted molar refractivity (Wildman–Crippen MR) is 70.8 cm³/mol. The van der Waals surface area contributed by atoms with Gasteiger partial charge in [-0.3, -0.25) is 0 Å². The first-order chi connectivity index (χ1) is 8.33. The van der Waals surface area contributed by atoms with Crippen molar-refractivity contribution in [3.05, 3.63) is 18.2 Å². The lowest BCUT2D eigenvalue weighted by Crippen LogP contribution is -2.33. The van der Waals surface area contributed by atoms with Crippen molar-refractivity contribution in [1.82, 2.24) is 14.9 Å². The highest BCUT2D eigenvalue weighted by Crippen LogP contribution is 2.26. The molecule has 0 spiro atoms. The number of imidazole rings is 1. The molecule has 0 bridgehead atoms. The zero-order valence-corrected chi connectivity index (χ0v) is 11.2. The maximum Gasteiger partial charge on any atom is 0.122 e. The second kappa shape index (κ2) is 6.20. The van der Waals surface area contributed by atoms with Gasteiger partial charge in [-0.1, -0.05) is 13.3 Å². The van der Waals surface area contributed by atoms with Gasteiger partial charge in [-0.25, -0.2) is 4.98 Å². The summed E-state index contributed by atoms with van der Waals surface area (Å²) in [5.74, 6) is 2.15. The van der Waals surface area contributed by atoms with Crippen LogP contribution in [0, 0.1) is 5.92 Å². The third-order valence-corrected chi connectivity index (χ3v) is 4.12. The van der Waals surface area contributed by atoms with E-state index in [9.17, 15) is 0 Å². The van der Waals surface area contributed by atoms with Gasteiger partial charge in [0.15, 0.2) is 0 Å². The molecule has 1 saturated carbocycles. The summed E-state index contributed by atoms with van der Waals surface area (Å²) in [5.41, 5.74) is 0. The first-order valence-corrected chi connectivity index (χ1v) is 7.06. The van der Waals surface area contributed by atoms with Crippen LogP contribution in [0.15, 0.2) is 12.4 Å². The Bertz CT molecular complexity index is 324. The fourth-order valence-electron chi connectivity index (χ4n) is 2.81. The topological polar surface area (TPSA) is 29.9 Å². The monoisotopic (exact) mass is 235 g/mol. The van der Waals surface area contributed by atoms with Crippen LogP contribution in [0.5, 0.6) is 0 Å². The van der Waals surface area contributed by atoms with Gasteiger partial charge in [-0.2, -0.15) is 0 Å². The van der Waals surface area contributed by atoms with E-state index >= 15 is 0 Å². The number of aryl methyl sites for hydroxylation is 1. The summed E-state index contributed by atoms with van der Waals surface area (Å²) in [7, 11) is 0. The highest BCUT2D eigenvalue weighted by molar-refractivity contribution is 4.92. The smallest absolute Gasteiger partial charge is 0.122 e. The van der Waals surface area contributed by atoms with E-state index in [1.165, 1.54) is 37.9 Å². The van der Waals surface area contributed by atoms with E-state index in [1.807, 2.05) is 6.20 Å². The van der Waals surface area contributed by atoms with Crippen molar-refractivity contribution >= 4 is 0 Å². The van der Waals surface area contributed by atoms with Gasteiger partial charge in [0, 0.05) is 25.0 Å². The summed E-state index contributed by atoms with van der Waals surface area (Å²) in [6.07, 6.45) is 10.8. The van der Waals surface area contributed by atoms with Gasteiger partial charge >= 0.3 is 0 Å². The molecule has 0 unspecified atom stereocenters. The molecule has 1 heterocycles. The van der Waals surface area contributed by atoms with Crippen LogP contribution in [0.4, 0.5) is 0 Å². The molecule has 0 saturated heterocycles.